The summed E-state index contributed by atoms with van der Waals surface area (Å²) in [5.41, 5.74) is 3.22. The first kappa shape index (κ1) is 24.6. The second-order valence-corrected chi connectivity index (χ2v) is 10.9. The summed E-state index contributed by atoms with van der Waals surface area (Å²) < 4.78 is 29.3. The van der Waals surface area contributed by atoms with Crippen LogP contribution in [-0.2, 0) is 27.1 Å². The van der Waals surface area contributed by atoms with Crippen LogP contribution in [0.3, 0.4) is 0 Å². The monoisotopic (exact) mass is 491 g/mol. The van der Waals surface area contributed by atoms with Crippen molar-refractivity contribution in [1.29, 1.82) is 5.26 Å². The van der Waals surface area contributed by atoms with Crippen LogP contribution in [-0.4, -0.2) is 41.3 Å². The molecule has 8 nitrogen and oxygen atoms in total. The third-order valence-electron chi connectivity index (χ3n) is 6.32. The number of aromatic nitrogens is 2. The van der Waals surface area contributed by atoms with Crippen LogP contribution in [0.1, 0.15) is 48.2 Å². The molecule has 3 aromatic rings. The number of sulfonamides is 1. The molecule has 1 aliphatic heterocycles. The van der Waals surface area contributed by atoms with Crippen molar-refractivity contribution in [3.05, 3.63) is 89.5 Å². The average molecular weight is 492 g/mol. The summed E-state index contributed by atoms with van der Waals surface area (Å²) in [6.07, 6.45) is 4.75. The molecule has 0 spiro atoms. The number of piperidine rings is 1. The van der Waals surface area contributed by atoms with Gasteiger partial charge in [0.2, 0.25) is 15.9 Å². The third kappa shape index (κ3) is 6.15. The van der Waals surface area contributed by atoms with Crippen LogP contribution in [0.25, 0.3) is 0 Å². The fraction of sp³-hybridized carbons (Fsp3) is 0.346. The van der Waals surface area contributed by atoms with E-state index < -0.39 is 15.9 Å². The van der Waals surface area contributed by atoms with Gasteiger partial charge < -0.3 is 9.88 Å². The van der Waals surface area contributed by atoms with Crippen LogP contribution in [0.15, 0.2) is 67.1 Å². The fourth-order valence-corrected chi connectivity index (χ4v) is 6.01. The molecular weight excluding hydrogens is 462 g/mol. The number of benzene rings is 2. The van der Waals surface area contributed by atoms with Crippen molar-refractivity contribution < 1.29 is 13.2 Å². The highest BCUT2D eigenvalue weighted by molar-refractivity contribution is 7.88. The van der Waals surface area contributed by atoms with Gasteiger partial charge in [-0.2, -0.15) is 5.26 Å². The van der Waals surface area contributed by atoms with Gasteiger partial charge in [-0.05, 0) is 43.0 Å². The summed E-state index contributed by atoms with van der Waals surface area (Å²) in [6, 6.07) is 18.3. The van der Waals surface area contributed by atoms with Crippen molar-refractivity contribution in [2.75, 3.05) is 13.1 Å². The lowest BCUT2D eigenvalue weighted by Crippen LogP contribution is -2.46. The number of nitriles is 1. The van der Waals surface area contributed by atoms with Crippen LogP contribution >= 0.6 is 0 Å². The Morgan fingerprint density at radius 1 is 1.17 bits per heavy atom. The Morgan fingerprint density at radius 2 is 1.91 bits per heavy atom. The molecule has 1 fully saturated rings. The summed E-state index contributed by atoms with van der Waals surface area (Å²) in [5.74, 6) is -0.609. The van der Waals surface area contributed by atoms with Crippen molar-refractivity contribution in [3.63, 3.8) is 0 Å². The summed E-state index contributed by atoms with van der Waals surface area (Å²) in [6.45, 7) is 3.09. The van der Waals surface area contributed by atoms with Gasteiger partial charge in [-0.3, -0.25) is 4.79 Å². The molecule has 0 aliphatic carbocycles. The van der Waals surface area contributed by atoms with Crippen molar-refractivity contribution in [2.24, 2.45) is 5.92 Å². The first-order chi connectivity index (χ1) is 16.9. The maximum Gasteiger partial charge on any atom is 0.224 e. The molecule has 1 aromatic heterocycles. The van der Waals surface area contributed by atoms with Crippen LogP contribution in [0.4, 0.5) is 0 Å². The van der Waals surface area contributed by atoms with Crippen molar-refractivity contribution in [1.82, 2.24) is 19.2 Å². The highest BCUT2D eigenvalue weighted by Crippen LogP contribution is 2.23. The number of carbonyl (C=O) groups excluding carboxylic acids is 1. The SMILES string of the molecule is C[C@@H](NC(=O)C1CCCN(S(=O)(=O)Cc2ccccc2)C1)c1cncn1Cc1ccc(C#N)cc1. The number of amides is 1. The minimum absolute atomic E-state index is 0.0624. The van der Waals surface area contributed by atoms with E-state index in [1.807, 2.05) is 41.8 Å². The smallest absolute Gasteiger partial charge is 0.224 e. The lowest BCUT2D eigenvalue weighted by Gasteiger charge is -2.32. The van der Waals surface area contributed by atoms with Crippen LogP contribution < -0.4 is 5.32 Å². The second kappa shape index (κ2) is 10.8. The Kier molecular flexibility index (Phi) is 7.63. The lowest BCUT2D eigenvalue weighted by molar-refractivity contribution is -0.126. The number of carbonyl (C=O) groups is 1. The Morgan fingerprint density at radius 3 is 2.63 bits per heavy atom. The highest BCUT2D eigenvalue weighted by Gasteiger charge is 2.33. The van der Waals surface area contributed by atoms with Gasteiger partial charge in [0.05, 0.1) is 47.6 Å². The Bertz CT molecular complexity index is 1300. The van der Waals surface area contributed by atoms with E-state index in [0.717, 1.165) is 16.8 Å². The molecule has 4 rings (SSSR count). The molecule has 182 valence electrons. The van der Waals surface area contributed by atoms with Crippen LogP contribution in [0.2, 0.25) is 0 Å². The number of hydrogen-bond donors (Lipinski definition) is 1. The van der Waals surface area contributed by atoms with E-state index in [4.69, 9.17) is 5.26 Å². The van der Waals surface area contributed by atoms with Crippen molar-refractivity contribution >= 4 is 15.9 Å². The number of hydrogen-bond acceptors (Lipinski definition) is 5. The van der Waals surface area contributed by atoms with Gasteiger partial charge in [-0.1, -0.05) is 42.5 Å². The predicted molar refractivity (Wildman–Crippen MR) is 132 cm³/mol. The summed E-state index contributed by atoms with van der Waals surface area (Å²) >= 11 is 0. The molecule has 1 aliphatic rings. The Balaban J connectivity index is 1.38. The fourth-order valence-electron chi connectivity index (χ4n) is 4.40. The highest BCUT2D eigenvalue weighted by atomic mass is 32.2. The van der Waals surface area contributed by atoms with Gasteiger partial charge in [0.25, 0.3) is 0 Å². The van der Waals surface area contributed by atoms with E-state index >= 15 is 0 Å². The first-order valence-corrected chi connectivity index (χ1v) is 13.3. The molecule has 1 saturated heterocycles. The molecule has 9 heteroatoms. The first-order valence-electron chi connectivity index (χ1n) is 11.7. The minimum atomic E-state index is -3.50. The lowest BCUT2D eigenvalue weighted by atomic mass is 9.98. The number of nitrogens with zero attached hydrogens (tertiary/aromatic N) is 4. The van der Waals surface area contributed by atoms with Gasteiger partial charge >= 0.3 is 0 Å². The zero-order valence-electron chi connectivity index (χ0n) is 19.7. The van der Waals surface area contributed by atoms with Gasteiger partial charge in [-0.15, -0.1) is 0 Å². The standard InChI is InChI=1S/C26H29N5O3S/c1-20(25-15-28-19-30(25)16-22-11-9-21(14-27)10-12-22)29-26(32)24-8-5-13-31(17-24)35(33,34)18-23-6-3-2-4-7-23/h2-4,6-7,9-12,15,19-20,24H,5,8,13,16-18H2,1H3,(H,29,32)/t20-,24?/m1/s1. The summed E-state index contributed by atoms with van der Waals surface area (Å²) in [5, 5.41) is 12.0. The van der Waals surface area contributed by atoms with Crippen molar-refractivity contribution in [2.45, 2.75) is 38.1 Å². The molecule has 2 atom stereocenters. The minimum Gasteiger partial charge on any atom is -0.348 e. The van der Waals surface area contributed by atoms with E-state index in [9.17, 15) is 13.2 Å². The van der Waals surface area contributed by atoms with Gasteiger partial charge in [0.15, 0.2) is 0 Å². The van der Waals surface area contributed by atoms with Crippen molar-refractivity contribution in [3.8, 4) is 6.07 Å². The molecule has 2 heterocycles. The summed E-state index contributed by atoms with van der Waals surface area (Å²) in [4.78, 5) is 17.3. The van der Waals surface area contributed by atoms with E-state index in [0.29, 0.717) is 31.5 Å². The quantitative estimate of drug-likeness (QED) is 0.521. The largest absolute Gasteiger partial charge is 0.348 e. The number of nitrogens with one attached hydrogen (secondary N) is 1. The van der Waals surface area contributed by atoms with Gasteiger partial charge in [-0.25, -0.2) is 17.7 Å². The van der Waals surface area contributed by atoms with E-state index in [-0.39, 0.29) is 24.2 Å². The molecular formula is C26H29N5O3S. The van der Waals surface area contributed by atoms with E-state index in [2.05, 4.69) is 16.4 Å². The zero-order chi connectivity index (χ0) is 24.8. The number of imidazole rings is 1. The molecule has 1 unspecified atom stereocenters. The molecule has 1 amide bonds. The Labute approximate surface area is 206 Å². The Hall–Kier alpha value is -3.48. The molecule has 0 bridgehead atoms. The van der Waals surface area contributed by atoms with Gasteiger partial charge in [0, 0.05) is 19.6 Å². The maximum absolute atomic E-state index is 13.1. The maximum atomic E-state index is 13.1. The zero-order valence-corrected chi connectivity index (χ0v) is 20.5. The second-order valence-electron chi connectivity index (χ2n) is 8.92. The van der Waals surface area contributed by atoms with Crippen LogP contribution in [0, 0.1) is 17.2 Å². The molecule has 2 aromatic carbocycles. The van der Waals surface area contributed by atoms with Gasteiger partial charge in [0.1, 0.15) is 0 Å². The number of rotatable bonds is 8. The van der Waals surface area contributed by atoms with E-state index in [1.165, 1.54) is 4.31 Å². The normalized spacial score (nSPS) is 17.4. The molecule has 1 N–H and O–H groups in total. The van der Waals surface area contributed by atoms with E-state index in [1.54, 1.807) is 36.8 Å². The molecule has 0 radical (unpaired) electrons. The summed E-state index contributed by atoms with van der Waals surface area (Å²) in [7, 11) is -3.50. The predicted octanol–water partition coefficient (Wildman–Crippen LogP) is 3.22. The molecule has 35 heavy (non-hydrogen) atoms. The van der Waals surface area contributed by atoms with Crippen LogP contribution in [0.5, 0.6) is 0 Å². The average Bonchev–Trinajstić information content (AvgIpc) is 3.33. The third-order valence-corrected chi connectivity index (χ3v) is 8.14. The molecule has 0 saturated carbocycles. The topological polar surface area (TPSA) is 108 Å².